The maximum atomic E-state index is 12.4. The Balaban J connectivity index is 1.39. The molecule has 1 atom stereocenters. The van der Waals surface area contributed by atoms with E-state index in [0.29, 0.717) is 33.8 Å². The van der Waals surface area contributed by atoms with Gasteiger partial charge in [-0.25, -0.2) is 0 Å². The number of hydrogen-bond acceptors (Lipinski definition) is 7. The Hall–Kier alpha value is -2.71. The molecule has 3 heterocycles. The van der Waals surface area contributed by atoms with Crippen LogP contribution in [0.15, 0.2) is 47.1 Å². The average Bonchev–Trinajstić information content (AvgIpc) is 3.41. The van der Waals surface area contributed by atoms with E-state index < -0.39 is 0 Å². The topological polar surface area (TPSA) is 86.5 Å². The molecule has 1 fully saturated rings. The number of ether oxygens (including phenoxy) is 2. The lowest BCUT2D eigenvalue weighted by atomic mass is 10.2. The monoisotopic (exact) mass is 371 g/mol. The van der Waals surface area contributed by atoms with Crippen molar-refractivity contribution in [2.75, 3.05) is 18.5 Å². The van der Waals surface area contributed by atoms with Gasteiger partial charge in [-0.3, -0.25) is 10.1 Å². The zero-order valence-corrected chi connectivity index (χ0v) is 14.7. The third-order valence-corrected chi connectivity index (χ3v) is 4.79. The highest BCUT2D eigenvalue weighted by molar-refractivity contribution is 7.18. The minimum atomic E-state index is -0.269. The Morgan fingerprint density at radius 2 is 2.27 bits per heavy atom. The van der Waals surface area contributed by atoms with Crippen LogP contribution in [0.5, 0.6) is 5.75 Å². The summed E-state index contributed by atoms with van der Waals surface area (Å²) in [7, 11) is 0. The summed E-state index contributed by atoms with van der Waals surface area (Å²) < 4.78 is 16.6. The summed E-state index contributed by atoms with van der Waals surface area (Å²) >= 11 is 1.25. The molecule has 7 nitrogen and oxygen atoms in total. The molecule has 1 aliphatic rings. The first-order valence-corrected chi connectivity index (χ1v) is 9.13. The SMILES string of the molecule is O=C(Nc1nnc(-c2ccco2)s1)c1cccc(OC[C@H]2CCCO2)c1. The van der Waals surface area contributed by atoms with Crippen LogP contribution in [0.1, 0.15) is 23.2 Å². The van der Waals surface area contributed by atoms with E-state index in [1.165, 1.54) is 11.3 Å². The minimum absolute atomic E-state index is 0.133. The molecule has 0 unspecified atom stereocenters. The van der Waals surface area contributed by atoms with Crippen molar-refractivity contribution in [2.24, 2.45) is 0 Å². The molecule has 1 saturated heterocycles. The van der Waals surface area contributed by atoms with Gasteiger partial charge in [-0.15, -0.1) is 10.2 Å². The van der Waals surface area contributed by atoms with Gasteiger partial charge in [0, 0.05) is 12.2 Å². The highest BCUT2D eigenvalue weighted by Gasteiger charge is 2.17. The van der Waals surface area contributed by atoms with Gasteiger partial charge in [-0.05, 0) is 43.2 Å². The van der Waals surface area contributed by atoms with Crippen LogP contribution in [0.4, 0.5) is 5.13 Å². The quantitative estimate of drug-likeness (QED) is 0.712. The summed E-state index contributed by atoms with van der Waals surface area (Å²) in [5.74, 6) is 0.990. The van der Waals surface area contributed by atoms with Crippen molar-refractivity contribution in [3.05, 3.63) is 48.2 Å². The number of carbonyl (C=O) groups is 1. The maximum Gasteiger partial charge on any atom is 0.257 e. The molecule has 1 N–H and O–H groups in total. The lowest BCUT2D eigenvalue weighted by Crippen LogP contribution is -2.17. The minimum Gasteiger partial charge on any atom is -0.491 e. The summed E-state index contributed by atoms with van der Waals surface area (Å²) in [6.07, 6.45) is 3.78. The molecule has 8 heteroatoms. The number of benzene rings is 1. The van der Waals surface area contributed by atoms with E-state index in [1.54, 1.807) is 36.6 Å². The van der Waals surface area contributed by atoms with E-state index in [9.17, 15) is 4.79 Å². The zero-order chi connectivity index (χ0) is 17.8. The Morgan fingerprint density at radius 3 is 3.08 bits per heavy atom. The first-order chi connectivity index (χ1) is 12.8. The molecule has 26 heavy (non-hydrogen) atoms. The van der Waals surface area contributed by atoms with Crippen LogP contribution in [0.25, 0.3) is 10.8 Å². The van der Waals surface area contributed by atoms with Crippen molar-refractivity contribution >= 4 is 22.4 Å². The lowest BCUT2D eigenvalue weighted by Gasteiger charge is -2.12. The van der Waals surface area contributed by atoms with Gasteiger partial charge in [0.25, 0.3) is 5.91 Å². The van der Waals surface area contributed by atoms with Crippen LogP contribution in [-0.2, 0) is 4.74 Å². The molecule has 0 spiro atoms. The number of aromatic nitrogens is 2. The maximum absolute atomic E-state index is 12.4. The van der Waals surface area contributed by atoms with Gasteiger partial charge in [-0.1, -0.05) is 17.4 Å². The normalized spacial score (nSPS) is 16.5. The first kappa shape index (κ1) is 16.7. The average molecular weight is 371 g/mol. The summed E-state index contributed by atoms with van der Waals surface area (Å²) in [4.78, 5) is 12.4. The molecule has 0 radical (unpaired) electrons. The van der Waals surface area contributed by atoms with Gasteiger partial charge in [0.15, 0.2) is 10.8 Å². The first-order valence-electron chi connectivity index (χ1n) is 8.31. The number of anilines is 1. The molecule has 1 aromatic carbocycles. The number of rotatable bonds is 6. The number of nitrogens with one attached hydrogen (secondary N) is 1. The second-order valence-corrected chi connectivity index (χ2v) is 6.80. The molecule has 3 aromatic rings. The van der Waals surface area contributed by atoms with E-state index in [4.69, 9.17) is 13.9 Å². The number of carbonyl (C=O) groups excluding carboxylic acids is 1. The fourth-order valence-corrected chi connectivity index (χ4v) is 3.34. The van der Waals surface area contributed by atoms with Gasteiger partial charge >= 0.3 is 0 Å². The number of amides is 1. The predicted octanol–water partition coefficient (Wildman–Crippen LogP) is 3.61. The third-order valence-electron chi connectivity index (χ3n) is 3.93. The summed E-state index contributed by atoms with van der Waals surface area (Å²) in [5.41, 5.74) is 0.490. The van der Waals surface area contributed by atoms with Crippen molar-refractivity contribution in [3.8, 4) is 16.5 Å². The molecule has 4 rings (SSSR count). The molecule has 0 saturated carbocycles. The van der Waals surface area contributed by atoms with Gasteiger partial charge < -0.3 is 13.9 Å². The fourth-order valence-electron chi connectivity index (χ4n) is 2.63. The summed E-state index contributed by atoms with van der Waals surface area (Å²) in [6.45, 7) is 1.28. The zero-order valence-electron chi connectivity index (χ0n) is 13.9. The third kappa shape index (κ3) is 3.92. The Bertz CT molecular complexity index is 872. The second kappa shape index (κ2) is 7.67. The smallest absolute Gasteiger partial charge is 0.257 e. The van der Waals surface area contributed by atoms with E-state index >= 15 is 0 Å². The van der Waals surface area contributed by atoms with Crippen molar-refractivity contribution in [3.63, 3.8) is 0 Å². The number of furan rings is 1. The fraction of sp³-hybridized carbons (Fsp3) is 0.278. The van der Waals surface area contributed by atoms with Crippen LogP contribution in [0.2, 0.25) is 0 Å². The molecule has 0 bridgehead atoms. The van der Waals surface area contributed by atoms with Crippen molar-refractivity contribution < 1.29 is 18.7 Å². The Kier molecular flexibility index (Phi) is 4.94. The van der Waals surface area contributed by atoms with Gasteiger partial charge in [0.2, 0.25) is 5.13 Å². The van der Waals surface area contributed by atoms with Crippen LogP contribution >= 0.6 is 11.3 Å². The number of nitrogens with zero attached hydrogens (tertiary/aromatic N) is 2. The summed E-state index contributed by atoms with van der Waals surface area (Å²) in [6, 6.07) is 10.6. The summed E-state index contributed by atoms with van der Waals surface area (Å²) in [5, 5.41) is 11.8. The Morgan fingerprint density at radius 1 is 1.31 bits per heavy atom. The molecular weight excluding hydrogens is 354 g/mol. The number of hydrogen-bond donors (Lipinski definition) is 1. The van der Waals surface area contributed by atoms with E-state index in [2.05, 4.69) is 15.5 Å². The molecule has 2 aromatic heterocycles. The van der Waals surface area contributed by atoms with E-state index in [-0.39, 0.29) is 12.0 Å². The van der Waals surface area contributed by atoms with E-state index in [1.807, 2.05) is 6.07 Å². The molecule has 1 amide bonds. The van der Waals surface area contributed by atoms with E-state index in [0.717, 1.165) is 19.4 Å². The molecule has 0 aliphatic carbocycles. The van der Waals surface area contributed by atoms with Crippen molar-refractivity contribution in [2.45, 2.75) is 18.9 Å². The van der Waals surface area contributed by atoms with Crippen molar-refractivity contribution in [1.82, 2.24) is 10.2 Å². The standard InChI is InChI=1S/C18H17N3O4S/c22-16(19-18-21-20-17(26-18)15-7-3-9-24-15)12-4-1-5-13(10-12)25-11-14-6-2-8-23-14/h1,3-5,7,9-10,14H,2,6,8,11H2,(H,19,21,22)/t14-/m1/s1. The Labute approximate surface area is 154 Å². The second-order valence-electron chi connectivity index (χ2n) is 5.82. The molecule has 1 aliphatic heterocycles. The van der Waals surface area contributed by atoms with Crippen LogP contribution < -0.4 is 10.1 Å². The molecule has 134 valence electrons. The van der Waals surface area contributed by atoms with Crippen LogP contribution in [0, 0.1) is 0 Å². The van der Waals surface area contributed by atoms with Crippen molar-refractivity contribution in [1.29, 1.82) is 0 Å². The van der Waals surface area contributed by atoms with Gasteiger partial charge in [0.05, 0.1) is 12.4 Å². The van der Waals surface area contributed by atoms with Crippen LogP contribution in [0.3, 0.4) is 0 Å². The highest BCUT2D eigenvalue weighted by atomic mass is 32.1. The van der Waals surface area contributed by atoms with Crippen LogP contribution in [-0.4, -0.2) is 35.4 Å². The van der Waals surface area contributed by atoms with Gasteiger partial charge in [0.1, 0.15) is 12.4 Å². The van der Waals surface area contributed by atoms with Gasteiger partial charge in [-0.2, -0.15) is 0 Å². The lowest BCUT2D eigenvalue weighted by molar-refractivity contribution is 0.0679. The molecular formula is C18H17N3O4S. The largest absolute Gasteiger partial charge is 0.491 e. The predicted molar refractivity (Wildman–Crippen MR) is 96.5 cm³/mol. The highest BCUT2D eigenvalue weighted by Crippen LogP contribution is 2.27.